The molecule has 0 amide bonds. The smallest absolute Gasteiger partial charge is 0.305 e. The highest BCUT2D eigenvalue weighted by Crippen LogP contribution is 2.09. The predicted molar refractivity (Wildman–Crippen MR) is 74.1 cm³/mol. The zero-order valence-electron chi connectivity index (χ0n) is 10.4. The van der Waals surface area contributed by atoms with E-state index >= 15 is 0 Å². The second-order valence-electron chi connectivity index (χ2n) is 3.91. The second-order valence-corrected chi connectivity index (χ2v) is 4.47. The number of carbonyl (C=O) groups is 2. The molecule has 1 aromatic rings. The topological polar surface area (TPSA) is 43.4 Å². The van der Waals surface area contributed by atoms with Gasteiger partial charge < -0.3 is 4.74 Å². The van der Waals surface area contributed by atoms with E-state index in [1.54, 1.807) is 6.92 Å². The molecule has 0 aliphatic rings. The van der Waals surface area contributed by atoms with Gasteiger partial charge in [0.2, 0.25) is 0 Å². The molecule has 0 spiro atoms. The molecule has 0 atom stereocenters. The lowest BCUT2D eigenvalue weighted by Gasteiger charge is -2.03. The highest BCUT2D eigenvalue weighted by atomic mass is 79.9. The number of esters is 1. The first-order valence-corrected chi connectivity index (χ1v) is 7.13. The fourth-order valence-corrected chi connectivity index (χ4v) is 1.93. The number of hydrogen-bond acceptors (Lipinski definition) is 3. The number of ether oxygens (including phenoxy) is 1. The van der Waals surface area contributed by atoms with Crippen molar-refractivity contribution in [3.63, 3.8) is 0 Å². The summed E-state index contributed by atoms with van der Waals surface area (Å²) in [6.07, 6.45) is 2.03. The minimum Gasteiger partial charge on any atom is -0.466 e. The Morgan fingerprint density at radius 3 is 2.44 bits per heavy atom. The molecule has 98 valence electrons. The summed E-state index contributed by atoms with van der Waals surface area (Å²) < 4.78 is 4.86. The van der Waals surface area contributed by atoms with Gasteiger partial charge in [-0.25, -0.2) is 0 Å². The lowest BCUT2D eigenvalue weighted by atomic mass is 10.0. The van der Waals surface area contributed by atoms with E-state index in [9.17, 15) is 9.59 Å². The molecule has 0 N–H and O–H groups in total. The van der Waals surface area contributed by atoms with Crippen LogP contribution in [-0.4, -0.2) is 23.7 Å². The van der Waals surface area contributed by atoms with E-state index in [4.69, 9.17) is 4.74 Å². The third-order valence-corrected chi connectivity index (χ3v) is 3.06. The molecule has 0 bridgehead atoms. The molecule has 0 saturated carbocycles. The lowest BCUT2D eigenvalue weighted by Crippen LogP contribution is -2.04. The molecular weight excluding hydrogens is 296 g/mol. The summed E-state index contributed by atoms with van der Waals surface area (Å²) in [6, 6.07) is 7.51. The molecule has 18 heavy (non-hydrogen) atoms. The molecule has 0 aromatic heterocycles. The van der Waals surface area contributed by atoms with Gasteiger partial charge in [-0.15, -0.1) is 0 Å². The standard InChI is InChI=1S/C14H17BrO3/c1-2-18-14(17)5-3-4-11-6-8-12(9-7-11)13(16)10-15/h6-9H,2-5,10H2,1H3. The van der Waals surface area contributed by atoms with Crippen LogP contribution in [0.3, 0.4) is 0 Å². The predicted octanol–water partition coefficient (Wildman–Crippen LogP) is 3.15. The van der Waals surface area contributed by atoms with E-state index in [1.807, 2.05) is 24.3 Å². The maximum atomic E-state index is 11.4. The van der Waals surface area contributed by atoms with Gasteiger partial charge in [0, 0.05) is 12.0 Å². The van der Waals surface area contributed by atoms with Crippen LogP contribution in [0.5, 0.6) is 0 Å². The fraction of sp³-hybridized carbons (Fsp3) is 0.429. The van der Waals surface area contributed by atoms with E-state index in [0.717, 1.165) is 18.4 Å². The van der Waals surface area contributed by atoms with Crippen LogP contribution in [0.15, 0.2) is 24.3 Å². The Hall–Kier alpha value is -1.16. The van der Waals surface area contributed by atoms with Gasteiger partial charge in [0.25, 0.3) is 0 Å². The summed E-state index contributed by atoms with van der Waals surface area (Å²) in [5.41, 5.74) is 1.84. The molecule has 3 nitrogen and oxygen atoms in total. The third-order valence-electron chi connectivity index (χ3n) is 2.55. The van der Waals surface area contributed by atoms with E-state index in [2.05, 4.69) is 15.9 Å². The van der Waals surface area contributed by atoms with Crippen LogP contribution in [0.25, 0.3) is 0 Å². The molecule has 1 aromatic carbocycles. The molecule has 1 rings (SSSR count). The lowest BCUT2D eigenvalue weighted by molar-refractivity contribution is -0.143. The van der Waals surface area contributed by atoms with Gasteiger partial charge in [-0.3, -0.25) is 9.59 Å². The van der Waals surface area contributed by atoms with Crippen molar-refractivity contribution in [2.75, 3.05) is 11.9 Å². The number of hydrogen-bond donors (Lipinski definition) is 0. The SMILES string of the molecule is CCOC(=O)CCCc1ccc(C(=O)CBr)cc1. The van der Waals surface area contributed by atoms with Crippen molar-refractivity contribution in [1.82, 2.24) is 0 Å². The van der Waals surface area contributed by atoms with Gasteiger partial charge in [-0.2, -0.15) is 0 Å². The maximum Gasteiger partial charge on any atom is 0.305 e. The van der Waals surface area contributed by atoms with Crippen molar-refractivity contribution in [2.45, 2.75) is 26.2 Å². The highest BCUT2D eigenvalue weighted by molar-refractivity contribution is 9.09. The Balaban J connectivity index is 2.40. The number of carbonyl (C=O) groups excluding carboxylic acids is 2. The van der Waals surface area contributed by atoms with Crippen LogP contribution in [0.2, 0.25) is 0 Å². The van der Waals surface area contributed by atoms with Crippen molar-refractivity contribution in [2.24, 2.45) is 0 Å². The van der Waals surface area contributed by atoms with Crippen molar-refractivity contribution >= 4 is 27.7 Å². The molecule has 0 fully saturated rings. The summed E-state index contributed by atoms with van der Waals surface area (Å²) in [5.74, 6) is -0.0725. The summed E-state index contributed by atoms with van der Waals surface area (Å²) in [7, 11) is 0. The van der Waals surface area contributed by atoms with Crippen molar-refractivity contribution in [3.05, 3.63) is 35.4 Å². The van der Waals surface area contributed by atoms with Gasteiger partial charge >= 0.3 is 5.97 Å². The maximum absolute atomic E-state index is 11.4. The number of ketones is 1. The minimum absolute atomic E-state index is 0.0769. The Morgan fingerprint density at radius 2 is 1.89 bits per heavy atom. The van der Waals surface area contributed by atoms with E-state index in [-0.39, 0.29) is 11.8 Å². The number of Topliss-reactive ketones (excluding diaryl/α,β-unsaturated/α-hetero) is 1. The molecular formula is C14H17BrO3. The Bertz CT molecular complexity index is 398. The van der Waals surface area contributed by atoms with Crippen LogP contribution < -0.4 is 0 Å². The molecule has 4 heteroatoms. The van der Waals surface area contributed by atoms with Gasteiger partial charge in [-0.1, -0.05) is 40.2 Å². The van der Waals surface area contributed by atoms with Crippen molar-refractivity contribution < 1.29 is 14.3 Å². The van der Waals surface area contributed by atoms with Gasteiger partial charge in [0.1, 0.15) is 0 Å². The monoisotopic (exact) mass is 312 g/mol. The van der Waals surface area contributed by atoms with E-state index in [1.165, 1.54) is 0 Å². The first-order chi connectivity index (χ1) is 8.67. The number of benzene rings is 1. The molecule has 0 unspecified atom stereocenters. The van der Waals surface area contributed by atoms with Crippen LogP contribution in [0.1, 0.15) is 35.7 Å². The summed E-state index contributed by atoms with van der Waals surface area (Å²) in [5, 5.41) is 0.342. The molecule has 0 aliphatic heterocycles. The van der Waals surface area contributed by atoms with Crippen LogP contribution in [0.4, 0.5) is 0 Å². The fourth-order valence-electron chi connectivity index (χ4n) is 1.60. The summed E-state index contributed by atoms with van der Waals surface area (Å²) in [6.45, 7) is 2.24. The largest absolute Gasteiger partial charge is 0.466 e. The second kappa shape index (κ2) is 8.03. The number of alkyl halides is 1. The number of aryl methyl sites for hydroxylation is 1. The van der Waals surface area contributed by atoms with Gasteiger partial charge in [0.15, 0.2) is 5.78 Å². The minimum atomic E-state index is -0.149. The van der Waals surface area contributed by atoms with E-state index < -0.39 is 0 Å². The number of rotatable bonds is 7. The average molecular weight is 313 g/mol. The number of halogens is 1. The van der Waals surface area contributed by atoms with E-state index in [0.29, 0.717) is 23.9 Å². The zero-order valence-corrected chi connectivity index (χ0v) is 12.0. The van der Waals surface area contributed by atoms with Crippen LogP contribution in [-0.2, 0) is 16.0 Å². The summed E-state index contributed by atoms with van der Waals surface area (Å²) in [4.78, 5) is 22.5. The summed E-state index contributed by atoms with van der Waals surface area (Å²) >= 11 is 3.14. The average Bonchev–Trinajstić information content (AvgIpc) is 2.39. The first-order valence-electron chi connectivity index (χ1n) is 6.01. The van der Waals surface area contributed by atoms with Gasteiger partial charge in [-0.05, 0) is 25.3 Å². The Morgan fingerprint density at radius 1 is 1.22 bits per heavy atom. The normalized spacial score (nSPS) is 10.1. The zero-order chi connectivity index (χ0) is 13.4. The van der Waals surface area contributed by atoms with Crippen molar-refractivity contribution in [1.29, 1.82) is 0 Å². The van der Waals surface area contributed by atoms with Crippen LogP contribution >= 0.6 is 15.9 Å². The van der Waals surface area contributed by atoms with Crippen LogP contribution in [0, 0.1) is 0 Å². The van der Waals surface area contributed by atoms with Gasteiger partial charge in [0.05, 0.1) is 11.9 Å². The molecule has 0 radical (unpaired) electrons. The molecule has 0 heterocycles. The Kier molecular flexibility index (Phi) is 6.65. The third kappa shape index (κ3) is 5.00. The quantitative estimate of drug-likeness (QED) is 0.441. The Labute approximate surface area is 116 Å². The first kappa shape index (κ1) is 14.9. The highest BCUT2D eigenvalue weighted by Gasteiger charge is 2.04. The molecule has 0 saturated heterocycles. The molecule has 0 aliphatic carbocycles. The van der Waals surface area contributed by atoms with Crippen molar-refractivity contribution in [3.8, 4) is 0 Å².